The Morgan fingerprint density at radius 3 is 2.70 bits per heavy atom. The Morgan fingerprint density at radius 2 is 2.10 bits per heavy atom. The van der Waals surface area contributed by atoms with Gasteiger partial charge in [0.05, 0.1) is 6.61 Å². The van der Waals surface area contributed by atoms with E-state index in [1.165, 1.54) is 12.3 Å². The van der Waals surface area contributed by atoms with Crippen LogP contribution in [-0.2, 0) is 4.74 Å². The van der Waals surface area contributed by atoms with Crippen molar-refractivity contribution in [1.82, 2.24) is 9.97 Å². The second-order valence-electron chi connectivity index (χ2n) is 3.75. The first-order chi connectivity index (χ1) is 9.52. The molecule has 0 unspecified atom stereocenters. The lowest BCUT2D eigenvalue weighted by molar-refractivity contribution is 0.0525. The first kappa shape index (κ1) is 14.3. The Bertz CT molecular complexity index is 665. The fourth-order valence-electron chi connectivity index (χ4n) is 1.48. The first-order valence-corrected chi connectivity index (χ1v) is 6.05. The van der Waals surface area contributed by atoms with Gasteiger partial charge in [0.1, 0.15) is 10.7 Å². The van der Waals surface area contributed by atoms with Crippen LogP contribution in [-0.4, -0.2) is 22.5 Å². The summed E-state index contributed by atoms with van der Waals surface area (Å²) in [7, 11) is 0. The maximum atomic E-state index is 13.1. The minimum absolute atomic E-state index is 0.0138. The number of benzene rings is 1. The average Bonchev–Trinajstić information content (AvgIpc) is 2.42. The van der Waals surface area contributed by atoms with Gasteiger partial charge in [-0.25, -0.2) is 23.5 Å². The van der Waals surface area contributed by atoms with E-state index in [1.54, 1.807) is 6.92 Å². The van der Waals surface area contributed by atoms with E-state index in [0.717, 1.165) is 12.1 Å². The number of hydrogen-bond donors (Lipinski definition) is 0. The molecule has 4 nitrogen and oxygen atoms in total. The Hall–Kier alpha value is -2.08. The first-order valence-electron chi connectivity index (χ1n) is 5.68. The van der Waals surface area contributed by atoms with Crippen LogP contribution in [0.4, 0.5) is 8.78 Å². The summed E-state index contributed by atoms with van der Waals surface area (Å²) in [5.74, 6) is -2.55. The molecule has 2 aromatic rings. The minimum Gasteiger partial charge on any atom is -0.462 e. The van der Waals surface area contributed by atoms with Gasteiger partial charge in [0.15, 0.2) is 17.5 Å². The molecule has 1 aromatic heterocycles. The summed E-state index contributed by atoms with van der Waals surface area (Å²) in [5.41, 5.74) is 0.265. The van der Waals surface area contributed by atoms with Crippen LogP contribution in [0.3, 0.4) is 0 Å². The Labute approximate surface area is 118 Å². The van der Waals surface area contributed by atoms with Crippen LogP contribution in [0, 0.1) is 11.6 Å². The Kier molecular flexibility index (Phi) is 4.24. The standard InChI is InChI=1S/C13H9ClF2N2O2/c1-2-20-13(19)8-6-17-12(18-11(8)14)7-3-4-9(15)10(16)5-7/h3-6H,2H2,1H3. The van der Waals surface area contributed by atoms with Crippen molar-refractivity contribution in [3.8, 4) is 11.4 Å². The average molecular weight is 299 g/mol. The van der Waals surface area contributed by atoms with Gasteiger partial charge in [-0.05, 0) is 25.1 Å². The molecule has 1 aromatic carbocycles. The summed E-state index contributed by atoms with van der Waals surface area (Å²) in [4.78, 5) is 19.3. The molecule has 0 atom stereocenters. The van der Waals surface area contributed by atoms with Gasteiger partial charge in [-0.2, -0.15) is 0 Å². The Morgan fingerprint density at radius 1 is 1.35 bits per heavy atom. The van der Waals surface area contributed by atoms with Crippen molar-refractivity contribution in [2.75, 3.05) is 6.61 Å². The summed E-state index contributed by atoms with van der Waals surface area (Å²) in [6.07, 6.45) is 1.18. The fourth-order valence-corrected chi connectivity index (χ4v) is 1.69. The predicted octanol–water partition coefficient (Wildman–Crippen LogP) is 3.25. The third kappa shape index (κ3) is 2.91. The van der Waals surface area contributed by atoms with Crippen LogP contribution in [0.15, 0.2) is 24.4 Å². The van der Waals surface area contributed by atoms with Gasteiger partial charge in [-0.15, -0.1) is 0 Å². The van der Waals surface area contributed by atoms with Gasteiger partial charge in [-0.1, -0.05) is 11.6 Å². The van der Waals surface area contributed by atoms with Crippen molar-refractivity contribution in [3.63, 3.8) is 0 Å². The van der Waals surface area contributed by atoms with E-state index in [4.69, 9.17) is 16.3 Å². The number of carbonyl (C=O) groups excluding carboxylic acids is 1. The van der Waals surface area contributed by atoms with Gasteiger partial charge < -0.3 is 4.74 Å². The zero-order valence-electron chi connectivity index (χ0n) is 10.4. The fraction of sp³-hybridized carbons (Fsp3) is 0.154. The molecule has 7 heteroatoms. The molecule has 0 saturated heterocycles. The summed E-state index contributed by atoms with van der Waals surface area (Å²) in [6, 6.07) is 3.22. The molecule has 0 bridgehead atoms. The van der Waals surface area contributed by atoms with Crippen LogP contribution in [0.5, 0.6) is 0 Å². The molecule has 0 amide bonds. The van der Waals surface area contributed by atoms with Crippen LogP contribution in [0.2, 0.25) is 5.15 Å². The lowest BCUT2D eigenvalue weighted by atomic mass is 10.2. The van der Waals surface area contributed by atoms with Crippen LogP contribution in [0.25, 0.3) is 11.4 Å². The topological polar surface area (TPSA) is 52.1 Å². The lowest BCUT2D eigenvalue weighted by Crippen LogP contribution is -2.07. The van der Waals surface area contributed by atoms with E-state index in [9.17, 15) is 13.6 Å². The minimum atomic E-state index is -1.02. The van der Waals surface area contributed by atoms with Crippen molar-refractivity contribution in [3.05, 3.63) is 46.7 Å². The van der Waals surface area contributed by atoms with E-state index < -0.39 is 17.6 Å². The molecule has 104 valence electrons. The van der Waals surface area contributed by atoms with Gasteiger partial charge in [-0.3, -0.25) is 0 Å². The molecule has 0 fully saturated rings. The maximum Gasteiger partial charge on any atom is 0.342 e. The van der Waals surface area contributed by atoms with Crippen molar-refractivity contribution >= 4 is 17.6 Å². The summed E-state index contributed by atoms with van der Waals surface area (Å²) in [5, 5.41) is -0.113. The predicted molar refractivity (Wildman–Crippen MR) is 68.4 cm³/mol. The van der Waals surface area contributed by atoms with Gasteiger partial charge in [0, 0.05) is 11.8 Å². The SMILES string of the molecule is CCOC(=O)c1cnc(-c2ccc(F)c(F)c2)nc1Cl. The number of ether oxygens (including phenoxy) is 1. The second-order valence-corrected chi connectivity index (χ2v) is 4.11. The third-order valence-corrected chi connectivity index (χ3v) is 2.70. The highest BCUT2D eigenvalue weighted by molar-refractivity contribution is 6.32. The highest BCUT2D eigenvalue weighted by Crippen LogP contribution is 2.21. The van der Waals surface area contributed by atoms with Gasteiger partial charge >= 0.3 is 5.97 Å². The highest BCUT2D eigenvalue weighted by Gasteiger charge is 2.15. The quantitative estimate of drug-likeness (QED) is 0.645. The third-order valence-electron chi connectivity index (χ3n) is 2.42. The lowest BCUT2D eigenvalue weighted by Gasteiger charge is -2.05. The van der Waals surface area contributed by atoms with E-state index in [-0.39, 0.29) is 28.7 Å². The second kappa shape index (κ2) is 5.92. The molecular weight excluding hydrogens is 290 g/mol. The zero-order chi connectivity index (χ0) is 14.7. The van der Waals surface area contributed by atoms with Crippen LogP contribution in [0.1, 0.15) is 17.3 Å². The Balaban J connectivity index is 2.37. The van der Waals surface area contributed by atoms with Crippen LogP contribution < -0.4 is 0 Å². The molecule has 0 radical (unpaired) electrons. The maximum absolute atomic E-state index is 13.1. The summed E-state index contributed by atoms with van der Waals surface area (Å²) in [6.45, 7) is 1.85. The number of hydrogen-bond acceptors (Lipinski definition) is 4. The monoisotopic (exact) mass is 298 g/mol. The van der Waals surface area contributed by atoms with E-state index in [2.05, 4.69) is 9.97 Å². The molecular formula is C13H9ClF2N2O2. The van der Waals surface area contributed by atoms with Crippen molar-refractivity contribution < 1.29 is 18.3 Å². The molecule has 0 saturated carbocycles. The molecule has 0 aliphatic rings. The molecule has 0 aliphatic heterocycles. The molecule has 0 N–H and O–H groups in total. The highest BCUT2D eigenvalue weighted by atomic mass is 35.5. The van der Waals surface area contributed by atoms with Crippen LogP contribution >= 0.6 is 11.6 Å². The zero-order valence-corrected chi connectivity index (χ0v) is 11.1. The number of rotatable bonds is 3. The summed E-state index contributed by atoms with van der Waals surface area (Å²) >= 11 is 5.86. The van der Waals surface area contributed by atoms with Crippen molar-refractivity contribution in [1.29, 1.82) is 0 Å². The number of halogens is 3. The van der Waals surface area contributed by atoms with E-state index in [1.807, 2.05) is 0 Å². The van der Waals surface area contributed by atoms with E-state index in [0.29, 0.717) is 0 Å². The summed E-state index contributed by atoms with van der Waals surface area (Å²) < 4.78 is 30.8. The normalized spacial score (nSPS) is 10.4. The van der Waals surface area contributed by atoms with E-state index >= 15 is 0 Å². The number of nitrogens with zero attached hydrogens (tertiary/aromatic N) is 2. The molecule has 0 aliphatic carbocycles. The van der Waals surface area contributed by atoms with Gasteiger partial charge in [0.25, 0.3) is 0 Å². The van der Waals surface area contributed by atoms with Crippen molar-refractivity contribution in [2.45, 2.75) is 6.92 Å². The molecule has 2 rings (SSSR count). The van der Waals surface area contributed by atoms with Crippen molar-refractivity contribution in [2.24, 2.45) is 0 Å². The largest absolute Gasteiger partial charge is 0.462 e. The molecule has 1 heterocycles. The number of esters is 1. The smallest absolute Gasteiger partial charge is 0.342 e. The number of aromatic nitrogens is 2. The molecule has 20 heavy (non-hydrogen) atoms. The van der Waals surface area contributed by atoms with Gasteiger partial charge in [0.2, 0.25) is 0 Å². The molecule has 0 spiro atoms. The number of carbonyl (C=O) groups is 1.